The van der Waals surface area contributed by atoms with E-state index in [9.17, 15) is 4.79 Å². The molecular weight excluding hydrogens is 242 g/mol. The maximum Gasteiger partial charge on any atom is 0.240 e. The van der Waals surface area contributed by atoms with Crippen LogP contribution < -0.4 is 16.0 Å². The summed E-state index contributed by atoms with van der Waals surface area (Å²) in [6.07, 6.45) is 4.57. The minimum atomic E-state index is -0.279. The van der Waals surface area contributed by atoms with E-state index in [0.717, 1.165) is 43.7 Å². The molecule has 104 valence electrons. The predicted octanol–water partition coefficient (Wildman–Crippen LogP) is 1.06. The number of hydrogen-bond acceptors (Lipinski definition) is 5. The first kappa shape index (κ1) is 13.6. The van der Waals surface area contributed by atoms with Crippen molar-refractivity contribution in [3.8, 4) is 0 Å². The van der Waals surface area contributed by atoms with Crippen LogP contribution in [-0.2, 0) is 4.79 Å². The van der Waals surface area contributed by atoms with Gasteiger partial charge >= 0.3 is 0 Å². The number of nitrogens with two attached hydrogens (primary N) is 1. The minimum absolute atomic E-state index is 0.243. The number of amides is 1. The Morgan fingerprint density at radius 2 is 2.42 bits per heavy atom. The van der Waals surface area contributed by atoms with Crippen molar-refractivity contribution in [2.75, 3.05) is 23.3 Å². The van der Waals surface area contributed by atoms with E-state index >= 15 is 0 Å². The van der Waals surface area contributed by atoms with Gasteiger partial charge in [-0.3, -0.25) is 4.79 Å². The van der Waals surface area contributed by atoms with Crippen LogP contribution >= 0.6 is 0 Å². The molecule has 1 aliphatic heterocycles. The molecular formula is C13H21N5O. The lowest BCUT2D eigenvalue weighted by Gasteiger charge is -2.25. The van der Waals surface area contributed by atoms with Crippen LogP contribution in [-0.4, -0.2) is 35.0 Å². The number of aryl methyl sites for hydroxylation is 1. The molecule has 0 aromatic carbocycles. The lowest BCUT2D eigenvalue weighted by Crippen LogP contribution is -2.41. The van der Waals surface area contributed by atoms with Crippen molar-refractivity contribution >= 4 is 17.7 Å². The Labute approximate surface area is 113 Å². The fourth-order valence-electron chi connectivity index (χ4n) is 2.36. The van der Waals surface area contributed by atoms with Gasteiger partial charge in [0.2, 0.25) is 11.9 Å². The highest BCUT2D eigenvalue weighted by Crippen LogP contribution is 2.26. The first-order chi connectivity index (χ1) is 9.13. The molecule has 2 heterocycles. The molecule has 6 nitrogen and oxygen atoms in total. The standard InChI is InChI=1S/C13H21N5O/c1-3-6-15-13-16-8-9(2)12(17-13)18-7-4-5-10(18)11(14)19/h8,10H,3-7H2,1-2H3,(H2,14,19)(H,15,16,17). The van der Waals surface area contributed by atoms with E-state index in [1.54, 1.807) is 6.20 Å². The van der Waals surface area contributed by atoms with Gasteiger partial charge in [-0.25, -0.2) is 4.98 Å². The third kappa shape index (κ3) is 2.94. The molecule has 1 saturated heterocycles. The molecule has 1 unspecified atom stereocenters. The highest BCUT2D eigenvalue weighted by Gasteiger charge is 2.31. The first-order valence-electron chi connectivity index (χ1n) is 6.77. The van der Waals surface area contributed by atoms with Crippen LogP contribution in [0.3, 0.4) is 0 Å². The van der Waals surface area contributed by atoms with E-state index in [1.165, 1.54) is 0 Å². The minimum Gasteiger partial charge on any atom is -0.368 e. The van der Waals surface area contributed by atoms with Crippen molar-refractivity contribution in [1.29, 1.82) is 0 Å². The second kappa shape index (κ2) is 5.86. The Bertz CT molecular complexity index is 462. The molecule has 1 aromatic rings. The van der Waals surface area contributed by atoms with Crippen LogP contribution in [0.25, 0.3) is 0 Å². The SMILES string of the molecule is CCCNc1ncc(C)c(N2CCCC2C(N)=O)n1. The van der Waals surface area contributed by atoms with Gasteiger partial charge in [-0.05, 0) is 26.2 Å². The molecule has 19 heavy (non-hydrogen) atoms. The Morgan fingerprint density at radius 3 is 3.11 bits per heavy atom. The number of aromatic nitrogens is 2. The fourth-order valence-corrected chi connectivity index (χ4v) is 2.36. The number of carbonyl (C=O) groups is 1. The Balaban J connectivity index is 2.24. The zero-order valence-corrected chi connectivity index (χ0v) is 11.5. The molecule has 0 radical (unpaired) electrons. The monoisotopic (exact) mass is 263 g/mol. The summed E-state index contributed by atoms with van der Waals surface area (Å²) >= 11 is 0. The number of carbonyl (C=O) groups excluding carboxylic acids is 1. The average Bonchev–Trinajstić information content (AvgIpc) is 2.87. The zero-order chi connectivity index (χ0) is 13.8. The summed E-state index contributed by atoms with van der Waals surface area (Å²) in [6.45, 7) is 5.70. The molecule has 0 aliphatic carbocycles. The topological polar surface area (TPSA) is 84.1 Å². The third-order valence-electron chi connectivity index (χ3n) is 3.33. The summed E-state index contributed by atoms with van der Waals surface area (Å²) in [6, 6.07) is -0.243. The zero-order valence-electron chi connectivity index (χ0n) is 11.5. The summed E-state index contributed by atoms with van der Waals surface area (Å²) in [5.74, 6) is 1.14. The van der Waals surface area contributed by atoms with Crippen molar-refractivity contribution in [2.24, 2.45) is 5.73 Å². The lowest BCUT2D eigenvalue weighted by atomic mass is 10.2. The molecule has 0 spiro atoms. The second-order valence-corrected chi connectivity index (χ2v) is 4.88. The molecule has 1 fully saturated rings. The molecule has 1 aliphatic rings. The Kier molecular flexibility index (Phi) is 4.19. The molecule has 2 rings (SSSR count). The Hall–Kier alpha value is -1.85. The number of hydrogen-bond donors (Lipinski definition) is 2. The van der Waals surface area contributed by atoms with Gasteiger partial charge < -0.3 is 16.0 Å². The predicted molar refractivity (Wildman–Crippen MR) is 75.1 cm³/mol. The average molecular weight is 263 g/mol. The van der Waals surface area contributed by atoms with E-state index in [2.05, 4.69) is 22.2 Å². The molecule has 1 amide bonds. The highest BCUT2D eigenvalue weighted by atomic mass is 16.1. The lowest BCUT2D eigenvalue weighted by molar-refractivity contribution is -0.119. The van der Waals surface area contributed by atoms with Crippen molar-refractivity contribution < 1.29 is 4.79 Å². The van der Waals surface area contributed by atoms with E-state index in [-0.39, 0.29) is 11.9 Å². The van der Waals surface area contributed by atoms with Crippen molar-refractivity contribution in [1.82, 2.24) is 9.97 Å². The Morgan fingerprint density at radius 1 is 1.63 bits per heavy atom. The number of nitrogens with zero attached hydrogens (tertiary/aromatic N) is 3. The van der Waals surface area contributed by atoms with Gasteiger partial charge in [-0.2, -0.15) is 4.98 Å². The number of anilines is 2. The number of rotatable bonds is 5. The van der Waals surface area contributed by atoms with Crippen molar-refractivity contribution in [3.05, 3.63) is 11.8 Å². The maximum absolute atomic E-state index is 11.5. The third-order valence-corrected chi connectivity index (χ3v) is 3.33. The van der Waals surface area contributed by atoms with Crippen molar-refractivity contribution in [3.63, 3.8) is 0 Å². The highest BCUT2D eigenvalue weighted by molar-refractivity contribution is 5.84. The number of primary amides is 1. The van der Waals surface area contributed by atoms with Gasteiger partial charge in [0, 0.05) is 24.8 Å². The fraction of sp³-hybridized carbons (Fsp3) is 0.615. The van der Waals surface area contributed by atoms with E-state index in [0.29, 0.717) is 5.95 Å². The summed E-state index contributed by atoms with van der Waals surface area (Å²) < 4.78 is 0. The van der Waals surface area contributed by atoms with Crippen LogP contribution in [0.1, 0.15) is 31.7 Å². The van der Waals surface area contributed by atoms with Gasteiger partial charge in [0.05, 0.1) is 0 Å². The largest absolute Gasteiger partial charge is 0.368 e. The van der Waals surface area contributed by atoms with E-state index < -0.39 is 0 Å². The summed E-state index contributed by atoms with van der Waals surface area (Å²) in [4.78, 5) is 22.2. The van der Waals surface area contributed by atoms with Gasteiger partial charge in [0.1, 0.15) is 11.9 Å². The quantitative estimate of drug-likeness (QED) is 0.830. The molecule has 0 saturated carbocycles. The van der Waals surface area contributed by atoms with Crippen LogP contribution in [0.2, 0.25) is 0 Å². The van der Waals surface area contributed by atoms with Crippen LogP contribution in [0, 0.1) is 6.92 Å². The van der Waals surface area contributed by atoms with E-state index in [1.807, 2.05) is 11.8 Å². The molecule has 1 atom stereocenters. The second-order valence-electron chi connectivity index (χ2n) is 4.88. The van der Waals surface area contributed by atoms with E-state index in [4.69, 9.17) is 5.73 Å². The summed E-state index contributed by atoms with van der Waals surface area (Å²) in [5, 5.41) is 3.16. The van der Waals surface area contributed by atoms with Gasteiger partial charge in [0.15, 0.2) is 0 Å². The summed E-state index contributed by atoms with van der Waals surface area (Å²) in [5.41, 5.74) is 6.42. The molecule has 1 aromatic heterocycles. The van der Waals surface area contributed by atoms with Crippen LogP contribution in [0.4, 0.5) is 11.8 Å². The van der Waals surface area contributed by atoms with Crippen molar-refractivity contribution in [2.45, 2.75) is 39.2 Å². The normalized spacial score (nSPS) is 18.6. The number of nitrogens with one attached hydrogen (secondary N) is 1. The first-order valence-corrected chi connectivity index (χ1v) is 6.77. The molecule has 6 heteroatoms. The van der Waals surface area contributed by atoms with Crippen LogP contribution in [0.15, 0.2) is 6.20 Å². The smallest absolute Gasteiger partial charge is 0.240 e. The maximum atomic E-state index is 11.5. The molecule has 0 bridgehead atoms. The molecule has 3 N–H and O–H groups in total. The van der Waals surface area contributed by atoms with Gasteiger partial charge in [0.25, 0.3) is 0 Å². The summed E-state index contributed by atoms with van der Waals surface area (Å²) in [7, 11) is 0. The van der Waals surface area contributed by atoms with Gasteiger partial charge in [-0.1, -0.05) is 6.92 Å². The van der Waals surface area contributed by atoms with Gasteiger partial charge in [-0.15, -0.1) is 0 Å². The van der Waals surface area contributed by atoms with Crippen LogP contribution in [0.5, 0.6) is 0 Å².